The lowest BCUT2D eigenvalue weighted by Gasteiger charge is -2.19. The Bertz CT molecular complexity index is 492. The van der Waals surface area contributed by atoms with E-state index in [-0.39, 0.29) is 18.6 Å². The molecule has 0 saturated carbocycles. The minimum atomic E-state index is -0.575. The minimum absolute atomic E-state index is 0.153. The molecular formula is C14H16BrClO3. The lowest BCUT2D eigenvalue weighted by molar-refractivity contribution is -0.156. The molecule has 1 aromatic rings. The van der Waals surface area contributed by atoms with Gasteiger partial charge in [0.15, 0.2) is 0 Å². The number of carbonyl (C=O) groups excluding carboxylic acids is 2. The van der Waals surface area contributed by atoms with Crippen LogP contribution in [0.2, 0.25) is 5.02 Å². The Balaban J connectivity index is 2.61. The van der Waals surface area contributed by atoms with E-state index >= 15 is 0 Å². The van der Waals surface area contributed by atoms with Crippen LogP contribution >= 0.6 is 27.5 Å². The number of ether oxygens (including phenoxy) is 1. The van der Waals surface area contributed by atoms with Gasteiger partial charge in [-0.25, -0.2) is 0 Å². The average molecular weight is 348 g/mol. The van der Waals surface area contributed by atoms with Gasteiger partial charge in [-0.2, -0.15) is 0 Å². The van der Waals surface area contributed by atoms with Crippen LogP contribution < -0.4 is 0 Å². The molecule has 1 rings (SSSR count). The van der Waals surface area contributed by atoms with E-state index in [0.29, 0.717) is 5.02 Å². The van der Waals surface area contributed by atoms with Crippen LogP contribution in [0, 0.1) is 0 Å². The van der Waals surface area contributed by atoms with E-state index in [2.05, 4.69) is 15.9 Å². The van der Waals surface area contributed by atoms with Crippen LogP contribution in [-0.4, -0.2) is 17.4 Å². The molecule has 0 heterocycles. The summed E-state index contributed by atoms with van der Waals surface area (Å²) in [6.07, 6.45) is -0.0728. The van der Waals surface area contributed by atoms with E-state index < -0.39 is 11.6 Å². The summed E-state index contributed by atoms with van der Waals surface area (Å²) >= 11 is 9.22. The van der Waals surface area contributed by atoms with Crippen molar-refractivity contribution < 1.29 is 14.3 Å². The fourth-order valence-corrected chi connectivity index (χ4v) is 2.07. The summed E-state index contributed by atoms with van der Waals surface area (Å²) < 4.78 is 5.90. The van der Waals surface area contributed by atoms with Crippen molar-refractivity contribution in [3.8, 4) is 0 Å². The summed E-state index contributed by atoms with van der Waals surface area (Å²) in [5.74, 6) is -0.701. The van der Waals surface area contributed by atoms with Crippen LogP contribution in [0.5, 0.6) is 0 Å². The topological polar surface area (TPSA) is 43.4 Å². The van der Waals surface area contributed by atoms with Gasteiger partial charge in [0.2, 0.25) is 0 Å². The largest absolute Gasteiger partial charge is 0.460 e. The fraction of sp³-hybridized carbons (Fsp3) is 0.429. The lowest BCUT2D eigenvalue weighted by atomic mass is 10.1. The summed E-state index contributed by atoms with van der Waals surface area (Å²) in [6, 6.07) is 5.21. The fourth-order valence-electron chi connectivity index (χ4n) is 1.49. The molecule has 19 heavy (non-hydrogen) atoms. The highest BCUT2D eigenvalue weighted by Gasteiger charge is 2.19. The third-order valence-corrected chi connectivity index (χ3v) is 3.17. The van der Waals surface area contributed by atoms with Crippen molar-refractivity contribution in [2.24, 2.45) is 0 Å². The second kappa shape index (κ2) is 6.53. The Morgan fingerprint density at radius 2 is 1.95 bits per heavy atom. The molecule has 5 heteroatoms. The summed E-state index contributed by atoms with van der Waals surface area (Å²) in [4.78, 5) is 23.3. The zero-order valence-electron chi connectivity index (χ0n) is 11.1. The summed E-state index contributed by atoms with van der Waals surface area (Å²) in [7, 11) is 0. The zero-order valence-corrected chi connectivity index (χ0v) is 13.5. The Kier molecular flexibility index (Phi) is 5.56. The van der Waals surface area contributed by atoms with Gasteiger partial charge < -0.3 is 4.74 Å². The maximum Gasteiger partial charge on any atom is 0.313 e. The number of hydrogen-bond donors (Lipinski definition) is 0. The standard InChI is InChI=1S/C14H16BrClO3/c1-14(2,3)19-13(18)8-11(17)7-9-6-10(16)4-5-12(9)15/h4-6H,7-8H2,1-3H3. The first-order valence-electron chi connectivity index (χ1n) is 5.85. The minimum Gasteiger partial charge on any atom is -0.460 e. The highest BCUT2D eigenvalue weighted by Crippen LogP contribution is 2.22. The monoisotopic (exact) mass is 346 g/mol. The second-order valence-electron chi connectivity index (χ2n) is 5.21. The van der Waals surface area contributed by atoms with Crippen molar-refractivity contribution in [1.29, 1.82) is 0 Å². The highest BCUT2D eigenvalue weighted by molar-refractivity contribution is 9.10. The third-order valence-electron chi connectivity index (χ3n) is 2.16. The first-order valence-corrected chi connectivity index (χ1v) is 7.02. The molecule has 0 N–H and O–H groups in total. The predicted molar refractivity (Wildman–Crippen MR) is 78.3 cm³/mol. The Hall–Kier alpha value is -0.870. The van der Waals surface area contributed by atoms with Crippen LogP contribution in [0.15, 0.2) is 22.7 Å². The Morgan fingerprint density at radius 1 is 1.32 bits per heavy atom. The van der Waals surface area contributed by atoms with Crippen LogP contribution in [0.3, 0.4) is 0 Å². The first kappa shape index (κ1) is 16.2. The molecule has 0 aliphatic carbocycles. The van der Waals surface area contributed by atoms with Crippen molar-refractivity contribution in [2.75, 3.05) is 0 Å². The number of carbonyl (C=O) groups is 2. The third kappa shape index (κ3) is 6.21. The summed E-state index contributed by atoms with van der Waals surface area (Å²) in [6.45, 7) is 5.30. The van der Waals surface area contributed by atoms with Crippen LogP contribution in [0.4, 0.5) is 0 Å². The number of rotatable bonds is 4. The van der Waals surface area contributed by atoms with E-state index in [1.54, 1.807) is 39.0 Å². The smallest absolute Gasteiger partial charge is 0.313 e. The number of ketones is 1. The molecule has 0 aliphatic heterocycles. The van der Waals surface area contributed by atoms with E-state index in [1.807, 2.05) is 0 Å². The highest BCUT2D eigenvalue weighted by atomic mass is 79.9. The molecule has 0 radical (unpaired) electrons. The van der Waals surface area contributed by atoms with Crippen molar-refractivity contribution in [1.82, 2.24) is 0 Å². The molecule has 3 nitrogen and oxygen atoms in total. The van der Waals surface area contributed by atoms with Gasteiger partial charge in [-0.3, -0.25) is 9.59 Å². The van der Waals surface area contributed by atoms with Crippen LogP contribution in [0.1, 0.15) is 32.8 Å². The van der Waals surface area contributed by atoms with E-state index in [9.17, 15) is 9.59 Å². The molecule has 0 aromatic heterocycles. The molecular weight excluding hydrogens is 332 g/mol. The molecule has 0 fully saturated rings. The first-order chi connectivity index (χ1) is 8.67. The number of Topliss-reactive ketones (excluding diaryl/α,β-unsaturated/α-hetero) is 1. The van der Waals surface area contributed by atoms with Crippen LogP contribution in [-0.2, 0) is 20.7 Å². The van der Waals surface area contributed by atoms with Gasteiger partial charge in [0, 0.05) is 15.9 Å². The van der Waals surface area contributed by atoms with E-state index in [1.165, 1.54) is 0 Å². The maximum atomic E-state index is 11.8. The lowest BCUT2D eigenvalue weighted by Crippen LogP contribution is -2.25. The molecule has 0 atom stereocenters. The molecule has 0 amide bonds. The van der Waals surface area contributed by atoms with Gasteiger partial charge in [-0.05, 0) is 44.5 Å². The molecule has 0 spiro atoms. The van der Waals surface area contributed by atoms with Crippen molar-refractivity contribution in [2.45, 2.75) is 39.2 Å². The van der Waals surface area contributed by atoms with Crippen LogP contribution in [0.25, 0.3) is 0 Å². The molecule has 1 aromatic carbocycles. The van der Waals surface area contributed by atoms with Crippen molar-refractivity contribution in [3.05, 3.63) is 33.3 Å². The molecule has 104 valence electrons. The number of esters is 1. The van der Waals surface area contributed by atoms with Gasteiger partial charge >= 0.3 is 5.97 Å². The molecule has 0 saturated heterocycles. The van der Waals surface area contributed by atoms with Gasteiger partial charge in [-0.15, -0.1) is 0 Å². The average Bonchev–Trinajstić information content (AvgIpc) is 2.20. The Labute approximate surface area is 126 Å². The van der Waals surface area contributed by atoms with Crippen molar-refractivity contribution >= 4 is 39.3 Å². The SMILES string of the molecule is CC(C)(C)OC(=O)CC(=O)Cc1cc(Cl)ccc1Br. The van der Waals surface area contributed by atoms with Gasteiger partial charge in [0.25, 0.3) is 0 Å². The zero-order chi connectivity index (χ0) is 14.6. The van der Waals surface area contributed by atoms with Gasteiger partial charge in [0.1, 0.15) is 17.8 Å². The second-order valence-corrected chi connectivity index (χ2v) is 6.51. The van der Waals surface area contributed by atoms with Crippen molar-refractivity contribution in [3.63, 3.8) is 0 Å². The predicted octanol–water partition coefficient (Wildman–Crippen LogP) is 3.95. The molecule has 0 aliphatic rings. The molecule has 0 unspecified atom stereocenters. The number of hydrogen-bond acceptors (Lipinski definition) is 3. The Morgan fingerprint density at radius 3 is 2.53 bits per heavy atom. The number of benzene rings is 1. The van der Waals surface area contributed by atoms with Gasteiger partial charge in [-0.1, -0.05) is 27.5 Å². The van der Waals surface area contributed by atoms with Gasteiger partial charge in [0.05, 0.1) is 0 Å². The van der Waals surface area contributed by atoms with E-state index in [0.717, 1.165) is 10.0 Å². The quantitative estimate of drug-likeness (QED) is 0.612. The van der Waals surface area contributed by atoms with E-state index in [4.69, 9.17) is 16.3 Å². The maximum absolute atomic E-state index is 11.8. The summed E-state index contributed by atoms with van der Waals surface area (Å²) in [5.41, 5.74) is 0.189. The molecule has 0 bridgehead atoms. The normalized spacial score (nSPS) is 11.2. The number of halogens is 2. The summed E-state index contributed by atoms with van der Waals surface area (Å²) in [5, 5.41) is 0.559.